The van der Waals surface area contributed by atoms with Gasteiger partial charge in [0.2, 0.25) is 0 Å². The lowest BCUT2D eigenvalue weighted by Gasteiger charge is -2.19. The van der Waals surface area contributed by atoms with Crippen LogP contribution < -0.4 is 5.32 Å². The molecule has 0 fully saturated rings. The van der Waals surface area contributed by atoms with Crippen LogP contribution in [0.1, 0.15) is 18.5 Å². The SMILES string of the molecule is CCOC(=O)C(NCC(F)(F)F)c1c(F)cccc1F. The van der Waals surface area contributed by atoms with Gasteiger partial charge in [0.1, 0.15) is 17.7 Å². The minimum absolute atomic E-state index is 0.126. The highest BCUT2D eigenvalue weighted by atomic mass is 19.4. The lowest BCUT2D eigenvalue weighted by molar-refractivity contribution is -0.149. The van der Waals surface area contributed by atoms with E-state index in [2.05, 4.69) is 4.74 Å². The Morgan fingerprint density at radius 2 is 1.85 bits per heavy atom. The van der Waals surface area contributed by atoms with Crippen LogP contribution in [0.2, 0.25) is 0 Å². The topological polar surface area (TPSA) is 38.3 Å². The summed E-state index contributed by atoms with van der Waals surface area (Å²) in [4.78, 5) is 11.6. The Bertz CT molecular complexity index is 455. The zero-order valence-electron chi connectivity index (χ0n) is 10.4. The van der Waals surface area contributed by atoms with Crippen LogP contribution in [-0.4, -0.2) is 25.3 Å². The summed E-state index contributed by atoms with van der Waals surface area (Å²) < 4.78 is 68.2. The molecule has 0 aliphatic heterocycles. The number of nitrogens with one attached hydrogen (secondary N) is 1. The lowest BCUT2D eigenvalue weighted by Crippen LogP contribution is -2.37. The molecular weight excluding hydrogens is 285 g/mol. The maximum Gasteiger partial charge on any atom is 0.401 e. The van der Waals surface area contributed by atoms with E-state index in [0.29, 0.717) is 0 Å². The number of halogens is 5. The van der Waals surface area contributed by atoms with Gasteiger partial charge in [0, 0.05) is 0 Å². The monoisotopic (exact) mass is 297 g/mol. The standard InChI is InChI=1S/C12H12F5NO2/c1-2-20-11(19)10(18-6-12(15,16)17)9-7(13)4-3-5-8(9)14/h3-5,10,18H,2,6H2,1H3. The van der Waals surface area contributed by atoms with Crippen molar-refractivity contribution in [2.24, 2.45) is 0 Å². The van der Waals surface area contributed by atoms with Crippen molar-refractivity contribution in [3.05, 3.63) is 35.4 Å². The molecule has 20 heavy (non-hydrogen) atoms. The maximum absolute atomic E-state index is 13.6. The zero-order chi connectivity index (χ0) is 15.3. The fourth-order valence-electron chi connectivity index (χ4n) is 1.53. The normalized spacial score (nSPS) is 13.1. The van der Waals surface area contributed by atoms with E-state index < -0.39 is 41.9 Å². The summed E-state index contributed by atoms with van der Waals surface area (Å²) in [5, 5.41) is 1.76. The molecule has 0 aromatic heterocycles. The average Bonchev–Trinajstić information content (AvgIpc) is 2.31. The van der Waals surface area contributed by atoms with Gasteiger partial charge in [-0.3, -0.25) is 5.32 Å². The van der Waals surface area contributed by atoms with Crippen LogP contribution in [0.25, 0.3) is 0 Å². The number of hydrogen-bond acceptors (Lipinski definition) is 3. The highest BCUT2D eigenvalue weighted by molar-refractivity contribution is 5.77. The third-order valence-corrected chi connectivity index (χ3v) is 2.32. The van der Waals surface area contributed by atoms with Crippen molar-refractivity contribution in [2.45, 2.75) is 19.1 Å². The summed E-state index contributed by atoms with van der Waals surface area (Å²) >= 11 is 0. The van der Waals surface area contributed by atoms with Crippen LogP contribution in [0, 0.1) is 11.6 Å². The van der Waals surface area contributed by atoms with Gasteiger partial charge in [0.15, 0.2) is 0 Å². The molecule has 1 aromatic carbocycles. The van der Waals surface area contributed by atoms with Gasteiger partial charge in [-0.05, 0) is 19.1 Å². The molecule has 0 bridgehead atoms. The molecule has 0 aliphatic carbocycles. The highest BCUT2D eigenvalue weighted by Gasteiger charge is 2.33. The van der Waals surface area contributed by atoms with Gasteiger partial charge >= 0.3 is 12.1 Å². The Labute approximate surface area is 111 Å². The van der Waals surface area contributed by atoms with Crippen LogP contribution in [0.4, 0.5) is 22.0 Å². The molecule has 0 amide bonds. The van der Waals surface area contributed by atoms with Crippen molar-refractivity contribution < 1.29 is 31.5 Å². The first-order valence-electron chi connectivity index (χ1n) is 5.67. The fourth-order valence-corrected chi connectivity index (χ4v) is 1.53. The van der Waals surface area contributed by atoms with Gasteiger partial charge in [0.25, 0.3) is 0 Å². The van der Waals surface area contributed by atoms with Gasteiger partial charge in [0.05, 0.1) is 18.7 Å². The molecule has 0 aliphatic rings. The van der Waals surface area contributed by atoms with E-state index in [0.717, 1.165) is 18.2 Å². The van der Waals surface area contributed by atoms with E-state index >= 15 is 0 Å². The summed E-state index contributed by atoms with van der Waals surface area (Å²) in [6.45, 7) is -0.278. The van der Waals surface area contributed by atoms with E-state index in [1.807, 2.05) is 0 Å². The number of rotatable bonds is 5. The Morgan fingerprint density at radius 1 is 1.30 bits per heavy atom. The van der Waals surface area contributed by atoms with E-state index in [4.69, 9.17) is 0 Å². The first-order chi connectivity index (χ1) is 9.26. The summed E-state index contributed by atoms with van der Waals surface area (Å²) in [5.41, 5.74) is -0.796. The van der Waals surface area contributed by atoms with Crippen LogP contribution in [0.15, 0.2) is 18.2 Å². The highest BCUT2D eigenvalue weighted by Crippen LogP contribution is 2.23. The average molecular weight is 297 g/mol. The molecule has 0 spiro atoms. The van der Waals surface area contributed by atoms with Crippen LogP contribution in [0.5, 0.6) is 0 Å². The quantitative estimate of drug-likeness (QED) is 0.671. The predicted octanol–water partition coefficient (Wildman–Crippen LogP) is 2.72. The molecular formula is C12H12F5NO2. The molecule has 0 saturated heterocycles. The number of carbonyl (C=O) groups excluding carboxylic acids is 1. The summed E-state index contributed by atoms with van der Waals surface area (Å²) in [7, 11) is 0. The molecule has 3 nitrogen and oxygen atoms in total. The summed E-state index contributed by atoms with van der Waals surface area (Å²) in [6.07, 6.45) is -4.63. The van der Waals surface area contributed by atoms with Crippen molar-refractivity contribution in [1.29, 1.82) is 0 Å². The number of hydrogen-bond donors (Lipinski definition) is 1. The lowest BCUT2D eigenvalue weighted by atomic mass is 10.1. The molecule has 1 atom stereocenters. The predicted molar refractivity (Wildman–Crippen MR) is 59.8 cm³/mol. The smallest absolute Gasteiger partial charge is 0.401 e. The number of benzene rings is 1. The molecule has 8 heteroatoms. The van der Waals surface area contributed by atoms with E-state index in [1.54, 1.807) is 5.32 Å². The van der Waals surface area contributed by atoms with Crippen molar-refractivity contribution >= 4 is 5.97 Å². The fraction of sp³-hybridized carbons (Fsp3) is 0.417. The number of carbonyl (C=O) groups is 1. The van der Waals surface area contributed by atoms with Gasteiger partial charge in [-0.2, -0.15) is 13.2 Å². The third kappa shape index (κ3) is 4.44. The second-order valence-electron chi connectivity index (χ2n) is 3.82. The minimum atomic E-state index is -4.63. The molecule has 0 radical (unpaired) electrons. The Hall–Kier alpha value is -1.70. The zero-order valence-corrected chi connectivity index (χ0v) is 10.4. The van der Waals surface area contributed by atoms with Crippen molar-refractivity contribution in [2.75, 3.05) is 13.2 Å². The van der Waals surface area contributed by atoms with E-state index in [1.165, 1.54) is 6.92 Å². The summed E-state index contributed by atoms with van der Waals surface area (Å²) in [6, 6.07) is 0.873. The molecule has 112 valence electrons. The molecule has 0 heterocycles. The number of alkyl halides is 3. The largest absolute Gasteiger partial charge is 0.465 e. The van der Waals surface area contributed by atoms with Gasteiger partial charge < -0.3 is 4.74 Å². The maximum atomic E-state index is 13.6. The van der Waals surface area contributed by atoms with Gasteiger partial charge in [-0.25, -0.2) is 13.6 Å². The first kappa shape index (κ1) is 16.4. The van der Waals surface area contributed by atoms with Crippen LogP contribution >= 0.6 is 0 Å². The Kier molecular flexibility index (Phi) is 5.43. The van der Waals surface area contributed by atoms with Crippen molar-refractivity contribution in [3.63, 3.8) is 0 Å². The van der Waals surface area contributed by atoms with E-state index in [-0.39, 0.29) is 6.61 Å². The van der Waals surface area contributed by atoms with Crippen LogP contribution in [-0.2, 0) is 9.53 Å². The third-order valence-electron chi connectivity index (χ3n) is 2.32. The van der Waals surface area contributed by atoms with Crippen molar-refractivity contribution in [3.8, 4) is 0 Å². The summed E-state index contributed by atoms with van der Waals surface area (Å²) in [5.74, 6) is -3.43. The van der Waals surface area contributed by atoms with Crippen LogP contribution in [0.3, 0.4) is 0 Å². The Morgan fingerprint density at radius 3 is 2.30 bits per heavy atom. The number of ether oxygens (including phenoxy) is 1. The van der Waals surface area contributed by atoms with E-state index in [9.17, 15) is 26.7 Å². The molecule has 1 rings (SSSR count). The minimum Gasteiger partial charge on any atom is -0.465 e. The van der Waals surface area contributed by atoms with Gasteiger partial charge in [-0.15, -0.1) is 0 Å². The molecule has 0 saturated carbocycles. The number of esters is 1. The first-order valence-corrected chi connectivity index (χ1v) is 5.67. The second kappa shape index (κ2) is 6.65. The molecule has 1 aromatic rings. The Balaban J connectivity index is 3.07. The van der Waals surface area contributed by atoms with Gasteiger partial charge in [-0.1, -0.05) is 6.07 Å². The molecule has 1 N–H and O–H groups in total. The molecule has 1 unspecified atom stereocenters. The van der Waals surface area contributed by atoms with Crippen molar-refractivity contribution in [1.82, 2.24) is 5.32 Å². The second-order valence-corrected chi connectivity index (χ2v) is 3.82.